The third-order valence-corrected chi connectivity index (χ3v) is 22.0. The van der Waals surface area contributed by atoms with Gasteiger partial charge in [-0.2, -0.15) is 0 Å². The van der Waals surface area contributed by atoms with Gasteiger partial charge in [0.15, 0.2) is 0 Å². The molecule has 8 saturated carbocycles. The van der Waals surface area contributed by atoms with Crippen molar-refractivity contribution in [2.45, 2.75) is 94.3 Å². The summed E-state index contributed by atoms with van der Waals surface area (Å²) < 4.78 is 2.89. The maximum atomic E-state index is 2.89. The van der Waals surface area contributed by atoms with Crippen molar-refractivity contribution in [3.63, 3.8) is 0 Å². The van der Waals surface area contributed by atoms with Gasteiger partial charge in [-0.15, -0.1) is 0 Å². The largest absolute Gasteiger partial charge is 0.375 e. The van der Waals surface area contributed by atoms with Crippen LogP contribution in [0.15, 0.2) is 103 Å². The number of nitrogens with zero attached hydrogens (tertiary/aromatic N) is 2. The van der Waals surface area contributed by atoms with E-state index in [9.17, 15) is 0 Å². The van der Waals surface area contributed by atoms with E-state index in [1.807, 2.05) is 0 Å². The normalized spacial score (nSPS) is 38.2. The zero-order chi connectivity index (χ0) is 38.6. The van der Waals surface area contributed by atoms with Crippen LogP contribution in [0.1, 0.15) is 100 Å². The Hall–Kier alpha value is -4.76. The second-order valence-electron chi connectivity index (χ2n) is 23.6. The highest BCUT2D eigenvalue weighted by Gasteiger charge is 2.78. The molecule has 290 valence electrons. The van der Waals surface area contributed by atoms with E-state index in [0.717, 1.165) is 40.9 Å². The topological polar surface area (TPSA) is 8.17 Å². The summed E-state index contributed by atoms with van der Waals surface area (Å²) in [6, 6.07) is 42.3. The molecule has 0 N–H and O–H groups in total. The molecule has 18 rings (SSSR count). The molecule has 2 nitrogen and oxygen atoms in total. The number of rotatable bonds is 2. The standard InChI is InChI=1S/C57H49BN2/c1-53(2)44-10-5-6-13-48(44)59-51-39-9-4-3-8-30(39)16-41-43-23-32(55-26-37-19-34-20-38(27-55)57(34,37)29-55)22-42-40-21-31(54-24-35-17-33-18-36(25-54)56(33,35)28-54)14-15-47(40)60(50(42)43)58(49(41)51)46-12-7-11-45(53)52(46)59/h3-16,21-23,33-38H,17-20,24-29H2,1-2H3. The van der Waals surface area contributed by atoms with Gasteiger partial charge in [0.2, 0.25) is 0 Å². The molecule has 0 saturated heterocycles. The van der Waals surface area contributed by atoms with Crippen molar-refractivity contribution in [2.24, 2.45) is 46.3 Å². The molecule has 1 aromatic heterocycles. The minimum absolute atomic E-state index is 0.0981. The van der Waals surface area contributed by atoms with Gasteiger partial charge >= 0.3 is 6.85 Å². The van der Waals surface area contributed by atoms with Gasteiger partial charge in [-0.1, -0.05) is 80.6 Å². The molecule has 60 heavy (non-hydrogen) atoms. The summed E-state index contributed by atoms with van der Waals surface area (Å²) in [6.07, 6.45) is 14.8. The second kappa shape index (κ2) is 9.07. The van der Waals surface area contributed by atoms with Gasteiger partial charge in [-0.3, -0.25) is 0 Å². The third-order valence-electron chi connectivity index (χ3n) is 22.0. The first-order chi connectivity index (χ1) is 29.3. The van der Waals surface area contributed by atoms with E-state index >= 15 is 0 Å². The summed E-state index contributed by atoms with van der Waals surface area (Å²) in [6.45, 7) is 5.02. The molecule has 4 bridgehead atoms. The Kier molecular flexibility index (Phi) is 4.71. The van der Waals surface area contributed by atoms with Crippen LogP contribution in [0.25, 0.3) is 43.7 Å². The molecule has 8 fully saturated rings. The molecule has 0 radical (unpaired) electrons. The molecule has 7 aromatic rings. The zero-order valence-electron chi connectivity index (χ0n) is 34.8. The highest BCUT2D eigenvalue weighted by Crippen LogP contribution is 2.86. The van der Waals surface area contributed by atoms with Crippen LogP contribution in [0.5, 0.6) is 0 Å². The highest BCUT2D eigenvalue weighted by atomic mass is 15.2. The summed E-state index contributed by atoms with van der Waals surface area (Å²) in [5, 5.41) is 5.82. The fraction of sp³-hybridized carbons (Fsp3) is 0.404. The van der Waals surface area contributed by atoms with Crippen molar-refractivity contribution in [1.29, 1.82) is 0 Å². The van der Waals surface area contributed by atoms with Crippen molar-refractivity contribution in [1.82, 2.24) is 4.48 Å². The molecule has 4 unspecified atom stereocenters. The molecular weight excluding hydrogens is 723 g/mol. The lowest BCUT2D eigenvalue weighted by molar-refractivity contribution is -0.175. The molecule has 2 spiro atoms. The summed E-state index contributed by atoms with van der Waals surface area (Å²) in [5.74, 6) is 6.01. The van der Waals surface area contributed by atoms with Crippen LogP contribution >= 0.6 is 0 Å². The fourth-order valence-corrected chi connectivity index (χ4v) is 19.9. The number of fused-ring (bicyclic) bond motifs is 13. The number of anilines is 3. The Labute approximate surface area is 352 Å². The minimum Gasteiger partial charge on any atom is -0.375 e. The molecule has 3 aliphatic heterocycles. The van der Waals surface area contributed by atoms with Crippen LogP contribution in [0.4, 0.5) is 17.1 Å². The molecule has 11 aliphatic rings. The van der Waals surface area contributed by atoms with E-state index < -0.39 is 0 Å². The van der Waals surface area contributed by atoms with E-state index in [4.69, 9.17) is 0 Å². The number of hydrogen-bond acceptors (Lipinski definition) is 1. The van der Waals surface area contributed by atoms with E-state index in [-0.39, 0.29) is 12.3 Å². The van der Waals surface area contributed by atoms with Gasteiger partial charge < -0.3 is 9.38 Å². The molecule has 8 aliphatic carbocycles. The van der Waals surface area contributed by atoms with Gasteiger partial charge in [-0.25, -0.2) is 0 Å². The predicted molar refractivity (Wildman–Crippen MR) is 245 cm³/mol. The molecule has 4 heterocycles. The number of benzene rings is 6. The van der Waals surface area contributed by atoms with E-state index in [2.05, 4.69) is 126 Å². The maximum Gasteiger partial charge on any atom is 0.333 e. The number of aromatic nitrogens is 1. The second-order valence-corrected chi connectivity index (χ2v) is 23.6. The quantitative estimate of drug-likeness (QED) is 0.159. The lowest BCUT2D eigenvalue weighted by Crippen LogP contribution is -2.59. The zero-order valence-corrected chi connectivity index (χ0v) is 34.8. The molecule has 6 aromatic carbocycles. The lowest BCUT2D eigenvalue weighted by Gasteiger charge is -2.66. The summed E-state index contributed by atoms with van der Waals surface area (Å²) in [5.41, 5.74) is 21.3. The predicted octanol–water partition coefficient (Wildman–Crippen LogP) is 12.2. The molecule has 4 atom stereocenters. The molecule has 3 heteroatoms. The van der Waals surface area contributed by atoms with Crippen LogP contribution in [-0.2, 0) is 16.2 Å². The fourth-order valence-electron chi connectivity index (χ4n) is 19.9. The van der Waals surface area contributed by atoms with Crippen LogP contribution in [0.2, 0.25) is 0 Å². The number of para-hydroxylation sites is 2. The average molecular weight is 773 g/mol. The lowest BCUT2D eigenvalue weighted by atomic mass is 9.38. The average Bonchev–Trinajstić information content (AvgIpc) is 4.02. The number of hydrogen-bond donors (Lipinski definition) is 0. The SMILES string of the molecule is CC1(C)c2ccccc2N2c3c(cccc31)B1c3c(cc4ccccc4c32)-c2cc(C34CC5CC6CC(C3)C65C4)cc3c4cc(C56CC7CC8CC(C5)C87C6)ccc4n1c23. The Morgan fingerprint density at radius 3 is 1.95 bits per heavy atom. The first-order valence-corrected chi connectivity index (χ1v) is 24.0. The molecular formula is C57H49BN2. The highest BCUT2D eigenvalue weighted by molar-refractivity contribution is 6.90. The smallest absolute Gasteiger partial charge is 0.333 e. The Morgan fingerprint density at radius 2 is 1.22 bits per heavy atom. The first-order valence-electron chi connectivity index (χ1n) is 24.0. The van der Waals surface area contributed by atoms with Crippen molar-refractivity contribution >= 4 is 67.4 Å². The van der Waals surface area contributed by atoms with Gasteiger partial charge in [0.1, 0.15) is 0 Å². The van der Waals surface area contributed by atoms with E-state index in [1.54, 1.807) is 21.9 Å². The summed E-state index contributed by atoms with van der Waals surface area (Å²) >= 11 is 0. The molecule has 0 amide bonds. The Balaban J connectivity index is 0.979. The van der Waals surface area contributed by atoms with Gasteiger partial charge in [0.05, 0.1) is 11.4 Å². The van der Waals surface area contributed by atoms with Crippen LogP contribution in [0, 0.1) is 46.3 Å². The summed E-state index contributed by atoms with van der Waals surface area (Å²) in [7, 11) is 0. The Morgan fingerprint density at radius 1 is 0.550 bits per heavy atom. The minimum atomic E-state index is -0.119. The van der Waals surface area contributed by atoms with Crippen molar-refractivity contribution in [3.05, 3.63) is 125 Å². The van der Waals surface area contributed by atoms with E-state index in [1.165, 1.54) is 136 Å². The van der Waals surface area contributed by atoms with Crippen molar-refractivity contribution < 1.29 is 0 Å². The van der Waals surface area contributed by atoms with Crippen LogP contribution < -0.4 is 15.8 Å². The summed E-state index contributed by atoms with van der Waals surface area (Å²) in [4.78, 5) is 2.73. The van der Waals surface area contributed by atoms with Crippen LogP contribution in [-0.4, -0.2) is 11.3 Å². The Bertz CT molecular complexity index is 3280. The van der Waals surface area contributed by atoms with Crippen molar-refractivity contribution in [3.8, 4) is 11.1 Å². The first kappa shape index (κ1) is 31.1. The maximum absolute atomic E-state index is 2.89. The monoisotopic (exact) mass is 772 g/mol. The van der Waals surface area contributed by atoms with Gasteiger partial charge in [-0.05, 0) is 202 Å². The van der Waals surface area contributed by atoms with Gasteiger partial charge in [0.25, 0.3) is 0 Å². The van der Waals surface area contributed by atoms with E-state index in [0.29, 0.717) is 16.2 Å². The van der Waals surface area contributed by atoms with Gasteiger partial charge in [0, 0.05) is 43.9 Å². The van der Waals surface area contributed by atoms with Crippen molar-refractivity contribution in [2.75, 3.05) is 4.90 Å². The third kappa shape index (κ3) is 2.89. The van der Waals surface area contributed by atoms with Crippen LogP contribution in [0.3, 0.4) is 0 Å².